The van der Waals surface area contributed by atoms with E-state index in [1.807, 2.05) is 6.92 Å². The molecule has 6 heteroatoms. The van der Waals surface area contributed by atoms with Crippen LogP contribution in [0.25, 0.3) is 0 Å². The summed E-state index contributed by atoms with van der Waals surface area (Å²) < 4.78 is 5.44. The molecule has 1 saturated carbocycles. The molecule has 0 aliphatic heterocycles. The van der Waals surface area contributed by atoms with E-state index in [1.165, 1.54) is 6.42 Å². The molecular weight excluding hydrogens is 230 g/mol. The summed E-state index contributed by atoms with van der Waals surface area (Å²) in [6.07, 6.45) is 2.22. The first kappa shape index (κ1) is 12.9. The summed E-state index contributed by atoms with van der Waals surface area (Å²) in [5.74, 6) is 2.68. The molecule has 2 rings (SSSR count). The lowest BCUT2D eigenvalue weighted by molar-refractivity contribution is 0.292. The predicted octanol–water partition coefficient (Wildman–Crippen LogP) is 1.77. The minimum Gasteiger partial charge on any atom is -0.463 e. The molecule has 6 nitrogen and oxygen atoms in total. The zero-order valence-electron chi connectivity index (χ0n) is 11.2. The summed E-state index contributed by atoms with van der Waals surface area (Å²) >= 11 is 0. The molecule has 100 valence electrons. The van der Waals surface area contributed by atoms with Gasteiger partial charge in [0.05, 0.1) is 6.61 Å². The molecule has 1 aromatic heterocycles. The van der Waals surface area contributed by atoms with Crippen molar-refractivity contribution in [3.05, 3.63) is 0 Å². The van der Waals surface area contributed by atoms with Crippen LogP contribution >= 0.6 is 0 Å². The smallest absolute Gasteiger partial charge is 0.323 e. The van der Waals surface area contributed by atoms with Crippen LogP contribution in [0.5, 0.6) is 6.01 Å². The van der Waals surface area contributed by atoms with E-state index in [-0.39, 0.29) is 0 Å². The Bertz CT molecular complexity index is 398. The van der Waals surface area contributed by atoms with Crippen molar-refractivity contribution in [2.24, 2.45) is 11.8 Å². The molecule has 2 unspecified atom stereocenters. The highest BCUT2D eigenvalue weighted by molar-refractivity contribution is 5.35. The summed E-state index contributed by atoms with van der Waals surface area (Å²) in [6.45, 7) is 5.84. The van der Waals surface area contributed by atoms with E-state index in [4.69, 9.17) is 4.74 Å². The molecule has 1 aliphatic carbocycles. The van der Waals surface area contributed by atoms with Gasteiger partial charge < -0.3 is 15.4 Å². The lowest BCUT2D eigenvalue weighted by Gasteiger charge is -2.08. The van der Waals surface area contributed by atoms with E-state index in [0.29, 0.717) is 24.5 Å². The van der Waals surface area contributed by atoms with Gasteiger partial charge in [0.15, 0.2) is 0 Å². The van der Waals surface area contributed by atoms with Crippen molar-refractivity contribution < 1.29 is 4.74 Å². The highest BCUT2D eigenvalue weighted by Crippen LogP contribution is 2.37. The molecule has 1 aromatic rings. The van der Waals surface area contributed by atoms with Crippen LogP contribution in [0.15, 0.2) is 0 Å². The van der Waals surface area contributed by atoms with E-state index in [0.717, 1.165) is 24.8 Å². The number of ether oxygens (including phenoxy) is 1. The Balaban J connectivity index is 1.98. The van der Waals surface area contributed by atoms with Crippen molar-refractivity contribution in [3.8, 4) is 6.01 Å². The summed E-state index contributed by atoms with van der Waals surface area (Å²) in [5, 5.41) is 6.16. The van der Waals surface area contributed by atoms with Gasteiger partial charge >= 0.3 is 6.01 Å². The minimum atomic E-state index is 0.377. The van der Waals surface area contributed by atoms with Crippen LogP contribution in [0, 0.1) is 11.8 Å². The summed E-state index contributed by atoms with van der Waals surface area (Å²) in [7, 11) is 1.78. The molecule has 1 aliphatic rings. The van der Waals surface area contributed by atoms with Gasteiger partial charge in [0, 0.05) is 13.6 Å². The second kappa shape index (κ2) is 5.84. The van der Waals surface area contributed by atoms with Gasteiger partial charge in [-0.2, -0.15) is 15.0 Å². The average molecular weight is 251 g/mol. The van der Waals surface area contributed by atoms with E-state index in [2.05, 4.69) is 32.5 Å². The van der Waals surface area contributed by atoms with Crippen LogP contribution in [0.1, 0.15) is 26.7 Å². The van der Waals surface area contributed by atoms with E-state index in [1.54, 1.807) is 7.05 Å². The first-order chi connectivity index (χ1) is 8.72. The van der Waals surface area contributed by atoms with Crippen molar-refractivity contribution in [2.75, 3.05) is 30.8 Å². The Labute approximate surface area is 108 Å². The van der Waals surface area contributed by atoms with Crippen LogP contribution in [-0.4, -0.2) is 35.2 Å². The standard InChI is InChI=1S/C12H21N5O/c1-4-5-18-12-16-10(13-3)15-11(17-12)14-7-9-6-8(9)2/h8-9H,4-7H2,1-3H3,(H2,13,14,15,16,17). The van der Waals surface area contributed by atoms with Crippen LogP contribution in [0.2, 0.25) is 0 Å². The molecule has 1 heterocycles. The number of aromatic nitrogens is 3. The maximum atomic E-state index is 5.44. The van der Waals surface area contributed by atoms with Crippen molar-refractivity contribution in [1.82, 2.24) is 15.0 Å². The zero-order valence-corrected chi connectivity index (χ0v) is 11.2. The van der Waals surface area contributed by atoms with Crippen molar-refractivity contribution in [2.45, 2.75) is 26.7 Å². The molecule has 0 aromatic carbocycles. The van der Waals surface area contributed by atoms with E-state index in [9.17, 15) is 0 Å². The third-order valence-corrected chi connectivity index (χ3v) is 3.07. The second-order valence-electron chi connectivity index (χ2n) is 4.72. The lowest BCUT2D eigenvalue weighted by Crippen LogP contribution is -2.11. The first-order valence-electron chi connectivity index (χ1n) is 6.53. The summed E-state index contributed by atoms with van der Waals surface area (Å²) in [4.78, 5) is 12.7. The fourth-order valence-electron chi connectivity index (χ4n) is 1.71. The monoisotopic (exact) mass is 251 g/mol. The van der Waals surface area contributed by atoms with E-state index < -0.39 is 0 Å². The molecule has 2 atom stereocenters. The maximum Gasteiger partial charge on any atom is 0.323 e. The fourth-order valence-corrected chi connectivity index (χ4v) is 1.71. The minimum absolute atomic E-state index is 0.377. The van der Waals surface area contributed by atoms with E-state index >= 15 is 0 Å². The van der Waals surface area contributed by atoms with Gasteiger partial charge in [-0.15, -0.1) is 0 Å². The van der Waals surface area contributed by atoms with Crippen LogP contribution in [0.4, 0.5) is 11.9 Å². The quantitative estimate of drug-likeness (QED) is 0.769. The van der Waals surface area contributed by atoms with Gasteiger partial charge in [-0.1, -0.05) is 13.8 Å². The Morgan fingerprint density at radius 1 is 1.28 bits per heavy atom. The Morgan fingerprint density at radius 2 is 2.00 bits per heavy atom. The number of nitrogens with one attached hydrogen (secondary N) is 2. The first-order valence-corrected chi connectivity index (χ1v) is 6.53. The van der Waals surface area contributed by atoms with Crippen molar-refractivity contribution in [1.29, 1.82) is 0 Å². The SMILES string of the molecule is CCCOc1nc(NC)nc(NCC2CC2C)n1. The maximum absolute atomic E-state index is 5.44. The van der Waals surface area contributed by atoms with Gasteiger partial charge in [0.1, 0.15) is 0 Å². The average Bonchev–Trinajstić information content (AvgIpc) is 3.09. The number of nitrogens with zero attached hydrogens (tertiary/aromatic N) is 3. The van der Waals surface area contributed by atoms with Gasteiger partial charge in [-0.3, -0.25) is 0 Å². The largest absolute Gasteiger partial charge is 0.463 e. The van der Waals surface area contributed by atoms with Gasteiger partial charge in [0.2, 0.25) is 11.9 Å². The number of hydrogen-bond acceptors (Lipinski definition) is 6. The highest BCUT2D eigenvalue weighted by atomic mass is 16.5. The highest BCUT2D eigenvalue weighted by Gasteiger charge is 2.32. The number of hydrogen-bond donors (Lipinski definition) is 2. The number of rotatable bonds is 7. The molecule has 1 fully saturated rings. The third kappa shape index (κ3) is 3.45. The normalized spacial score (nSPS) is 21.5. The third-order valence-electron chi connectivity index (χ3n) is 3.07. The molecule has 0 spiro atoms. The van der Waals surface area contributed by atoms with Crippen molar-refractivity contribution in [3.63, 3.8) is 0 Å². The molecule has 0 radical (unpaired) electrons. The zero-order chi connectivity index (χ0) is 13.0. The molecule has 18 heavy (non-hydrogen) atoms. The Hall–Kier alpha value is -1.59. The number of anilines is 2. The Kier molecular flexibility index (Phi) is 4.17. The van der Waals surface area contributed by atoms with Gasteiger partial charge in [-0.05, 0) is 24.7 Å². The lowest BCUT2D eigenvalue weighted by atomic mass is 10.3. The molecule has 0 amide bonds. The summed E-state index contributed by atoms with van der Waals surface area (Å²) in [6, 6.07) is 0.377. The molecule has 2 N–H and O–H groups in total. The fraction of sp³-hybridized carbons (Fsp3) is 0.750. The van der Waals surface area contributed by atoms with Crippen molar-refractivity contribution >= 4 is 11.9 Å². The molecule has 0 bridgehead atoms. The Morgan fingerprint density at radius 3 is 2.61 bits per heavy atom. The second-order valence-corrected chi connectivity index (χ2v) is 4.72. The van der Waals surface area contributed by atoms with Crippen LogP contribution < -0.4 is 15.4 Å². The van der Waals surface area contributed by atoms with Gasteiger partial charge in [-0.25, -0.2) is 0 Å². The van der Waals surface area contributed by atoms with Gasteiger partial charge in [0.25, 0.3) is 0 Å². The van der Waals surface area contributed by atoms with Crippen LogP contribution in [-0.2, 0) is 0 Å². The summed E-state index contributed by atoms with van der Waals surface area (Å²) in [5.41, 5.74) is 0. The van der Waals surface area contributed by atoms with Crippen LogP contribution in [0.3, 0.4) is 0 Å². The molecule has 0 saturated heterocycles. The molecular formula is C12H21N5O. The topological polar surface area (TPSA) is 72.0 Å². The predicted molar refractivity (Wildman–Crippen MR) is 70.9 cm³/mol.